The van der Waals surface area contributed by atoms with Gasteiger partial charge in [-0.25, -0.2) is 9.78 Å². The van der Waals surface area contributed by atoms with E-state index < -0.39 is 11.5 Å². The highest BCUT2D eigenvalue weighted by atomic mass is 17.2. The number of benzene rings is 2. The molecule has 0 fully saturated rings. The van der Waals surface area contributed by atoms with Gasteiger partial charge in [0.25, 0.3) is 0 Å². The van der Waals surface area contributed by atoms with Crippen molar-refractivity contribution in [2.75, 3.05) is 6.61 Å². The minimum absolute atomic E-state index is 0.0130. The van der Waals surface area contributed by atoms with Crippen molar-refractivity contribution in [3.8, 4) is 0 Å². The lowest BCUT2D eigenvalue weighted by Crippen LogP contribution is -2.40. The number of hydrogen-bond donors (Lipinski definition) is 0. The summed E-state index contributed by atoms with van der Waals surface area (Å²) >= 11 is 0. The summed E-state index contributed by atoms with van der Waals surface area (Å²) < 4.78 is 0. The van der Waals surface area contributed by atoms with Crippen LogP contribution in [0.15, 0.2) is 60.7 Å². The molecule has 0 amide bonds. The van der Waals surface area contributed by atoms with E-state index in [1.54, 1.807) is 0 Å². The summed E-state index contributed by atoms with van der Waals surface area (Å²) in [5.74, 6) is -0.499. The van der Waals surface area contributed by atoms with Gasteiger partial charge in [0.05, 0.1) is 12.5 Å². The van der Waals surface area contributed by atoms with Crippen LogP contribution in [-0.4, -0.2) is 23.8 Å². The smallest absolute Gasteiger partial charge is 0.168 e. The van der Waals surface area contributed by atoms with Crippen LogP contribution in [-0.2, 0) is 9.78 Å². The van der Waals surface area contributed by atoms with E-state index in [0.29, 0.717) is 30.6 Å². The zero-order chi connectivity index (χ0) is 22.0. The number of ketones is 2. The average molecular weight is 411 g/mol. The Morgan fingerprint density at radius 3 is 1.93 bits per heavy atom. The lowest BCUT2D eigenvalue weighted by atomic mass is 9.79. The number of carbonyl (C=O) groups is 2. The van der Waals surface area contributed by atoms with E-state index in [4.69, 9.17) is 9.78 Å². The summed E-state index contributed by atoms with van der Waals surface area (Å²) in [6.45, 7) is 8.27. The first-order valence-corrected chi connectivity index (χ1v) is 10.9. The van der Waals surface area contributed by atoms with E-state index in [9.17, 15) is 9.59 Å². The van der Waals surface area contributed by atoms with Crippen LogP contribution in [0.25, 0.3) is 0 Å². The Bertz CT molecular complexity index is 783. The molecule has 0 saturated carbocycles. The van der Waals surface area contributed by atoms with Gasteiger partial charge in [-0.2, -0.15) is 0 Å². The van der Waals surface area contributed by atoms with Crippen LogP contribution >= 0.6 is 0 Å². The molecule has 30 heavy (non-hydrogen) atoms. The van der Waals surface area contributed by atoms with Crippen LogP contribution < -0.4 is 0 Å². The number of carbonyl (C=O) groups excluding carboxylic acids is 2. The summed E-state index contributed by atoms with van der Waals surface area (Å²) in [5.41, 5.74) is 0.542. The second-order valence-corrected chi connectivity index (χ2v) is 8.35. The predicted molar refractivity (Wildman–Crippen MR) is 119 cm³/mol. The third kappa shape index (κ3) is 6.89. The molecule has 0 saturated heterocycles. The minimum atomic E-state index is -0.809. The largest absolute Gasteiger partial charge is 0.294 e. The highest BCUT2D eigenvalue weighted by Crippen LogP contribution is 2.31. The number of hydrogen-bond acceptors (Lipinski definition) is 4. The minimum Gasteiger partial charge on any atom is -0.294 e. The topological polar surface area (TPSA) is 52.6 Å². The highest BCUT2D eigenvalue weighted by molar-refractivity contribution is 5.99. The van der Waals surface area contributed by atoms with Gasteiger partial charge in [0.1, 0.15) is 5.60 Å². The molecule has 2 aromatic rings. The van der Waals surface area contributed by atoms with Crippen LogP contribution in [0.2, 0.25) is 0 Å². The monoisotopic (exact) mass is 410 g/mol. The van der Waals surface area contributed by atoms with Crippen molar-refractivity contribution in [1.82, 2.24) is 0 Å². The van der Waals surface area contributed by atoms with Crippen LogP contribution in [0.1, 0.15) is 74.1 Å². The quantitative estimate of drug-likeness (QED) is 0.168. The van der Waals surface area contributed by atoms with Crippen molar-refractivity contribution in [3.05, 3.63) is 71.8 Å². The number of rotatable bonds is 13. The predicted octanol–water partition coefficient (Wildman–Crippen LogP) is 6.31. The van der Waals surface area contributed by atoms with Crippen molar-refractivity contribution in [2.45, 2.75) is 59.0 Å². The molecule has 0 aromatic heterocycles. The molecule has 2 aromatic carbocycles. The summed E-state index contributed by atoms with van der Waals surface area (Å²) in [6, 6.07) is 18.5. The first kappa shape index (κ1) is 24.0. The van der Waals surface area contributed by atoms with Gasteiger partial charge in [-0.15, -0.1) is 0 Å². The Morgan fingerprint density at radius 2 is 1.40 bits per heavy atom. The maximum atomic E-state index is 13.3. The molecule has 0 heterocycles. The van der Waals surface area contributed by atoms with E-state index in [-0.39, 0.29) is 17.5 Å². The third-order valence-electron chi connectivity index (χ3n) is 5.46. The SMILES string of the molecule is CCCCOOC(C)(C)C(CCC(C)C(=O)c1ccccc1)C(=O)c1ccccc1. The second kappa shape index (κ2) is 11.8. The van der Waals surface area contributed by atoms with Crippen molar-refractivity contribution in [3.63, 3.8) is 0 Å². The van der Waals surface area contributed by atoms with Crippen LogP contribution in [0.5, 0.6) is 0 Å². The molecule has 0 aliphatic carbocycles. The fourth-order valence-corrected chi connectivity index (χ4v) is 3.49. The lowest BCUT2D eigenvalue weighted by molar-refractivity contribution is -0.361. The Kier molecular flexibility index (Phi) is 9.41. The van der Waals surface area contributed by atoms with Gasteiger partial charge in [0, 0.05) is 17.0 Å². The van der Waals surface area contributed by atoms with E-state index in [2.05, 4.69) is 6.92 Å². The number of Topliss-reactive ketones (excluding diaryl/α,β-unsaturated/α-hetero) is 2. The Morgan fingerprint density at radius 1 is 0.867 bits per heavy atom. The molecule has 162 valence electrons. The molecule has 0 bridgehead atoms. The van der Waals surface area contributed by atoms with Gasteiger partial charge in [-0.05, 0) is 33.1 Å². The molecular formula is C26H34O4. The molecule has 2 atom stereocenters. The first-order valence-electron chi connectivity index (χ1n) is 10.9. The number of unbranched alkanes of at least 4 members (excludes halogenated alkanes) is 1. The lowest BCUT2D eigenvalue weighted by Gasteiger charge is -2.32. The zero-order valence-electron chi connectivity index (χ0n) is 18.6. The Hall–Kier alpha value is -2.30. The van der Waals surface area contributed by atoms with Crippen molar-refractivity contribution >= 4 is 11.6 Å². The highest BCUT2D eigenvalue weighted by Gasteiger charge is 2.38. The van der Waals surface area contributed by atoms with Crippen molar-refractivity contribution in [2.24, 2.45) is 11.8 Å². The summed E-state index contributed by atoms with van der Waals surface area (Å²) in [5, 5.41) is 0. The Labute approximate surface area is 180 Å². The normalized spacial score (nSPS) is 13.6. The molecular weight excluding hydrogens is 376 g/mol. The molecule has 4 heteroatoms. The van der Waals surface area contributed by atoms with Crippen molar-refractivity contribution < 1.29 is 19.4 Å². The molecule has 0 spiro atoms. The summed E-state index contributed by atoms with van der Waals surface area (Å²) in [4.78, 5) is 37.2. The van der Waals surface area contributed by atoms with Crippen molar-refractivity contribution in [1.29, 1.82) is 0 Å². The second-order valence-electron chi connectivity index (χ2n) is 8.35. The molecule has 0 aliphatic heterocycles. The molecule has 4 nitrogen and oxygen atoms in total. The van der Waals surface area contributed by atoms with E-state index in [1.165, 1.54) is 0 Å². The third-order valence-corrected chi connectivity index (χ3v) is 5.46. The maximum absolute atomic E-state index is 13.3. The molecule has 2 unspecified atom stereocenters. The first-order chi connectivity index (χ1) is 14.4. The van der Waals surface area contributed by atoms with Gasteiger partial charge in [0.15, 0.2) is 11.6 Å². The van der Waals surface area contributed by atoms with Gasteiger partial charge in [-0.3, -0.25) is 9.59 Å². The van der Waals surface area contributed by atoms with E-state index in [0.717, 1.165) is 12.8 Å². The Balaban J connectivity index is 2.12. The van der Waals surface area contributed by atoms with Gasteiger partial charge < -0.3 is 0 Å². The molecule has 0 aliphatic rings. The van der Waals surface area contributed by atoms with Crippen LogP contribution in [0, 0.1) is 11.8 Å². The van der Waals surface area contributed by atoms with E-state index in [1.807, 2.05) is 81.4 Å². The summed E-state index contributed by atoms with van der Waals surface area (Å²) in [7, 11) is 0. The van der Waals surface area contributed by atoms with Crippen LogP contribution in [0.4, 0.5) is 0 Å². The van der Waals surface area contributed by atoms with Crippen LogP contribution in [0.3, 0.4) is 0 Å². The molecule has 2 rings (SSSR count). The molecule has 0 radical (unpaired) electrons. The van der Waals surface area contributed by atoms with E-state index >= 15 is 0 Å². The fourth-order valence-electron chi connectivity index (χ4n) is 3.49. The standard InChI is InChI=1S/C26H34O4/c1-5-6-19-29-30-26(3,4)23(25(28)22-15-11-8-12-16-22)18-17-20(2)24(27)21-13-9-7-10-14-21/h7-16,20,23H,5-6,17-19H2,1-4H3. The fraction of sp³-hybridized carbons (Fsp3) is 0.462. The summed E-state index contributed by atoms with van der Waals surface area (Å²) in [6.07, 6.45) is 3.04. The average Bonchev–Trinajstić information content (AvgIpc) is 2.77. The van der Waals surface area contributed by atoms with Gasteiger partial charge >= 0.3 is 0 Å². The maximum Gasteiger partial charge on any atom is 0.168 e. The van der Waals surface area contributed by atoms with Gasteiger partial charge in [-0.1, -0.05) is 80.9 Å². The zero-order valence-corrected chi connectivity index (χ0v) is 18.6. The molecule has 0 N–H and O–H groups in total. The van der Waals surface area contributed by atoms with Gasteiger partial charge in [0.2, 0.25) is 0 Å².